The van der Waals surface area contributed by atoms with Gasteiger partial charge in [0.05, 0.1) is 12.2 Å². The van der Waals surface area contributed by atoms with Crippen LogP contribution in [-0.4, -0.2) is 23.2 Å². The van der Waals surface area contributed by atoms with Crippen LogP contribution >= 0.6 is 11.8 Å². The summed E-state index contributed by atoms with van der Waals surface area (Å²) in [4.78, 5) is 8.53. The zero-order chi connectivity index (χ0) is 8.93. The van der Waals surface area contributed by atoms with Gasteiger partial charge in [0.25, 0.3) is 0 Å². The summed E-state index contributed by atoms with van der Waals surface area (Å²) in [6.07, 6.45) is 1.82. The Morgan fingerprint density at radius 3 is 3.15 bits per heavy atom. The van der Waals surface area contributed by atoms with Gasteiger partial charge in [-0.05, 0) is 12.1 Å². The van der Waals surface area contributed by atoms with Crippen LogP contribution < -0.4 is 5.32 Å². The topological polar surface area (TPSA) is 37.3 Å². The first-order valence-electron chi connectivity index (χ1n) is 4.26. The third kappa shape index (κ3) is 2.45. The lowest BCUT2D eigenvalue weighted by molar-refractivity contribution is 0.963. The van der Waals surface area contributed by atoms with Crippen LogP contribution in [-0.2, 0) is 5.75 Å². The van der Waals surface area contributed by atoms with E-state index in [1.807, 2.05) is 24.4 Å². The normalized spacial score (nSPS) is 15.2. The van der Waals surface area contributed by atoms with E-state index < -0.39 is 0 Å². The van der Waals surface area contributed by atoms with Gasteiger partial charge in [0.1, 0.15) is 0 Å². The van der Waals surface area contributed by atoms with Gasteiger partial charge in [0.15, 0.2) is 5.17 Å². The molecule has 0 spiro atoms. The van der Waals surface area contributed by atoms with Crippen LogP contribution in [0.3, 0.4) is 0 Å². The van der Waals surface area contributed by atoms with Gasteiger partial charge in [-0.1, -0.05) is 17.8 Å². The Morgan fingerprint density at radius 2 is 2.46 bits per heavy atom. The summed E-state index contributed by atoms with van der Waals surface area (Å²) in [5.74, 6) is 0.896. The van der Waals surface area contributed by atoms with Crippen LogP contribution in [0, 0.1) is 0 Å². The van der Waals surface area contributed by atoms with E-state index in [0.29, 0.717) is 0 Å². The van der Waals surface area contributed by atoms with Gasteiger partial charge >= 0.3 is 0 Å². The van der Waals surface area contributed by atoms with Crippen molar-refractivity contribution in [3.05, 3.63) is 30.1 Å². The van der Waals surface area contributed by atoms with Gasteiger partial charge in [0.2, 0.25) is 0 Å². The van der Waals surface area contributed by atoms with Gasteiger partial charge in [-0.3, -0.25) is 9.98 Å². The second kappa shape index (κ2) is 4.28. The molecule has 0 amide bonds. The van der Waals surface area contributed by atoms with Crippen molar-refractivity contribution >= 4 is 16.9 Å². The molecule has 0 radical (unpaired) electrons. The lowest BCUT2D eigenvalue weighted by Gasteiger charge is -2.00. The van der Waals surface area contributed by atoms with Crippen LogP contribution in [0.15, 0.2) is 29.4 Å². The molecule has 0 fully saturated rings. The first-order chi connectivity index (χ1) is 6.45. The summed E-state index contributed by atoms with van der Waals surface area (Å²) in [7, 11) is 0. The minimum atomic E-state index is 0.896. The smallest absolute Gasteiger partial charge is 0.157 e. The van der Waals surface area contributed by atoms with Gasteiger partial charge in [-0.2, -0.15) is 0 Å². The van der Waals surface area contributed by atoms with Gasteiger partial charge in [0, 0.05) is 18.5 Å². The predicted octanol–water partition coefficient (Wildman–Crippen LogP) is 1.27. The highest BCUT2D eigenvalue weighted by Gasteiger charge is 2.05. The number of hydrogen-bond acceptors (Lipinski definition) is 4. The fourth-order valence-corrected chi connectivity index (χ4v) is 1.94. The van der Waals surface area contributed by atoms with Crippen molar-refractivity contribution in [2.75, 3.05) is 13.1 Å². The molecule has 0 atom stereocenters. The molecule has 0 saturated carbocycles. The minimum absolute atomic E-state index is 0.896. The third-order valence-electron chi connectivity index (χ3n) is 1.73. The van der Waals surface area contributed by atoms with Crippen molar-refractivity contribution in [2.45, 2.75) is 5.75 Å². The number of hydrogen-bond donors (Lipinski definition) is 1. The van der Waals surface area contributed by atoms with Crippen molar-refractivity contribution in [1.29, 1.82) is 0 Å². The van der Waals surface area contributed by atoms with Crippen LogP contribution in [0.25, 0.3) is 0 Å². The van der Waals surface area contributed by atoms with E-state index in [0.717, 1.165) is 29.7 Å². The molecule has 1 aliphatic rings. The van der Waals surface area contributed by atoms with E-state index >= 15 is 0 Å². The Bertz CT molecular complexity index is 297. The quantitative estimate of drug-likeness (QED) is 0.768. The zero-order valence-corrected chi connectivity index (χ0v) is 8.05. The maximum Gasteiger partial charge on any atom is 0.157 e. The fraction of sp³-hybridized carbons (Fsp3) is 0.333. The van der Waals surface area contributed by atoms with Crippen LogP contribution in [0.5, 0.6) is 0 Å². The maximum atomic E-state index is 4.29. The molecule has 4 heteroatoms. The highest BCUT2D eigenvalue weighted by molar-refractivity contribution is 8.13. The second-order valence-corrected chi connectivity index (χ2v) is 3.69. The van der Waals surface area contributed by atoms with Crippen LogP contribution in [0.2, 0.25) is 0 Å². The molecule has 3 nitrogen and oxygen atoms in total. The Kier molecular flexibility index (Phi) is 2.82. The van der Waals surface area contributed by atoms with E-state index in [1.165, 1.54) is 0 Å². The largest absolute Gasteiger partial charge is 0.363 e. The average molecular weight is 193 g/mol. The molecule has 0 aromatic carbocycles. The highest BCUT2D eigenvalue weighted by atomic mass is 32.2. The SMILES string of the molecule is c1ccc(CSC2=NCCN2)nc1. The minimum Gasteiger partial charge on any atom is -0.363 e. The number of nitrogens with one attached hydrogen (secondary N) is 1. The highest BCUT2D eigenvalue weighted by Crippen LogP contribution is 2.11. The monoisotopic (exact) mass is 193 g/mol. The second-order valence-electron chi connectivity index (χ2n) is 2.72. The molecule has 2 heterocycles. The molecule has 0 bridgehead atoms. The molecule has 2 rings (SSSR count). The maximum absolute atomic E-state index is 4.29. The molecule has 1 aliphatic heterocycles. The number of rotatable bonds is 2. The van der Waals surface area contributed by atoms with E-state index in [4.69, 9.17) is 0 Å². The van der Waals surface area contributed by atoms with Crippen molar-refractivity contribution in [2.24, 2.45) is 4.99 Å². The molecule has 1 N–H and O–H groups in total. The number of amidine groups is 1. The molecule has 0 unspecified atom stereocenters. The van der Waals surface area contributed by atoms with Gasteiger partial charge in [-0.15, -0.1) is 0 Å². The number of nitrogens with zero attached hydrogens (tertiary/aromatic N) is 2. The van der Waals surface area contributed by atoms with E-state index in [2.05, 4.69) is 15.3 Å². The van der Waals surface area contributed by atoms with E-state index in [1.54, 1.807) is 11.8 Å². The predicted molar refractivity (Wildman–Crippen MR) is 55.8 cm³/mol. The molecular weight excluding hydrogens is 182 g/mol. The Morgan fingerprint density at radius 1 is 1.46 bits per heavy atom. The van der Waals surface area contributed by atoms with Crippen molar-refractivity contribution < 1.29 is 0 Å². The number of thioether (sulfide) groups is 1. The first-order valence-corrected chi connectivity index (χ1v) is 5.25. The van der Waals surface area contributed by atoms with Crippen LogP contribution in [0.4, 0.5) is 0 Å². The summed E-state index contributed by atoms with van der Waals surface area (Å²) in [6, 6.07) is 5.97. The molecule has 13 heavy (non-hydrogen) atoms. The summed E-state index contributed by atoms with van der Waals surface area (Å²) in [6.45, 7) is 1.88. The number of aromatic nitrogens is 1. The average Bonchev–Trinajstić information content (AvgIpc) is 2.69. The molecule has 0 saturated heterocycles. The van der Waals surface area contributed by atoms with Gasteiger partial charge < -0.3 is 5.32 Å². The zero-order valence-electron chi connectivity index (χ0n) is 7.23. The lowest BCUT2D eigenvalue weighted by atomic mass is 10.4. The van der Waals surface area contributed by atoms with Gasteiger partial charge in [-0.25, -0.2) is 0 Å². The van der Waals surface area contributed by atoms with Crippen molar-refractivity contribution in [1.82, 2.24) is 10.3 Å². The van der Waals surface area contributed by atoms with Crippen molar-refractivity contribution in [3.8, 4) is 0 Å². The fourth-order valence-electron chi connectivity index (χ4n) is 1.10. The Balaban J connectivity index is 1.86. The summed E-state index contributed by atoms with van der Waals surface area (Å²) < 4.78 is 0. The molecule has 0 aliphatic carbocycles. The summed E-state index contributed by atoms with van der Waals surface area (Å²) in [5, 5.41) is 4.26. The number of pyridine rings is 1. The summed E-state index contributed by atoms with van der Waals surface area (Å²) >= 11 is 1.71. The van der Waals surface area contributed by atoms with E-state index in [9.17, 15) is 0 Å². The van der Waals surface area contributed by atoms with Crippen molar-refractivity contribution in [3.63, 3.8) is 0 Å². The van der Waals surface area contributed by atoms with Crippen LogP contribution in [0.1, 0.15) is 5.69 Å². The molecular formula is C9H11N3S. The standard InChI is InChI=1S/C9H11N3S/c1-2-4-10-8(3-1)7-13-9-11-5-6-12-9/h1-4H,5-7H2,(H,11,12). The lowest BCUT2D eigenvalue weighted by Crippen LogP contribution is -2.15. The first kappa shape index (κ1) is 8.56. The van der Waals surface area contributed by atoms with E-state index in [-0.39, 0.29) is 0 Å². The Labute approximate surface area is 81.7 Å². The summed E-state index contributed by atoms with van der Waals surface area (Å²) in [5.41, 5.74) is 1.10. The molecule has 1 aromatic rings. The third-order valence-corrected chi connectivity index (χ3v) is 2.71. The number of aliphatic imine (C=N–C) groups is 1. The Hall–Kier alpha value is -1.03. The molecule has 68 valence electrons. The molecule has 1 aromatic heterocycles.